The number of phenols is 1. The second-order valence-electron chi connectivity index (χ2n) is 2.80. The van der Waals surface area contributed by atoms with Crippen molar-refractivity contribution in [2.45, 2.75) is 6.48 Å². The van der Waals surface area contributed by atoms with E-state index in [1.54, 1.807) is 18.2 Å². The van der Waals surface area contributed by atoms with Crippen molar-refractivity contribution in [1.29, 1.82) is 0 Å². The number of hydrogen-bond acceptors (Lipinski definition) is 4. The molecule has 0 spiro atoms. The molecule has 0 radical (unpaired) electrons. The highest BCUT2D eigenvalue weighted by atomic mass is 16.8. The minimum atomic E-state index is -0.779. The lowest BCUT2D eigenvalue weighted by Gasteiger charge is -2.15. The van der Waals surface area contributed by atoms with Gasteiger partial charge in [0.2, 0.25) is 0 Å². The normalized spacial score (nSPS) is 10.3. The maximum Gasteiger partial charge on any atom is 0.315 e. The molecule has 0 atom stereocenters. The summed E-state index contributed by atoms with van der Waals surface area (Å²) in [5.74, 6) is 0.570. The topological polar surface area (TPSA) is 47.9 Å². The Morgan fingerprint density at radius 3 is 2.47 bits per heavy atom. The third-order valence-electron chi connectivity index (χ3n) is 1.84. The lowest BCUT2D eigenvalue weighted by atomic mass is 10.2. The molecule has 1 N–H and O–H groups in total. The van der Waals surface area contributed by atoms with Crippen LogP contribution in [0, 0.1) is 0 Å². The zero-order valence-electron chi connectivity index (χ0n) is 8.77. The average molecular weight is 210 g/mol. The highest BCUT2D eigenvalue weighted by Crippen LogP contribution is 2.25. The van der Waals surface area contributed by atoms with Crippen molar-refractivity contribution in [3.63, 3.8) is 0 Å². The predicted molar refractivity (Wildman–Crippen MR) is 56.6 cm³/mol. The molecule has 0 aliphatic heterocycles. The number of benzene rings is 1. The molecule has 1 aromatic rings. The largest absolute Gasteiger partial charge is 0.507 e. The van der Waals surface area contributed by atoms with Crippen LogP contribution in [-0.4, -0.2) is 25.8 Å². The molecule has 0 amide bonds. The Morgan fingerprint density at radius 2 is 2.00 bits per heavy atom. The van der Waals surface area contributed by atoms with Gasteiger partial charge in [-0.15, -0.1) is 0 Å². The van der Waals surface area contributed by atoms with E-state index < -0.39 is 6.48 Å². The first kappa shape index (κ1) is 11.6. The first-order valence-corrected chi connectivity index (χ1v) is 4.39. The summed E-state index contributed by atoms with van der Waals surface area (Å²) in [5.41, 5.74) is 0.647. The van der Waals surface area contributed by atoms with Gasteiger partial charge in [-0.25, -0.2) is 0 Å². The third-order valence-corrected chi connectivity index (χ3v) is 1.84. The molecule has 1 aromatic carbocycles. The van der Waals surface area contributed by atoms with Crippen LogP contribution in [0.3, 0.4) is 0 Å². The van der Waals surface area contributed by atoms with E-state index >= 15 is 0 Å². The number of ether oxygens (including phenoxy) is 3. The highest BCUT2D eigenvalue weighted by Gasteiger charge is 2.08. The van der Waals surface area contributed by atoms with Crippen LogP contribution in [0.5, 0.6) is 11.5 Å². The SMILES string of the molecule is C=Cc1ccc(OC(OC)OC)cc1O. The van der Waals surface area contributed by atoms with E-state index in [1.165, 1.54) is 20.3 Å². The van der Waals surface area contributed by atoms with Gasteiger partial charge in [0.05, 0.1) is 0 Å². The number of hydrogen-bond donors (Lipinski definition) is 1. The fourth-order valence-corrected chi connectivity index (χ4v) is 1.07. The molecular weight excluding hydrogens is 196 g/mol. The highest BCUT2D eigenvalue weighted by molar-refractivity contribution is 5.56. The third kappa shape index (κ3) is 2.97. The van der Waals surface area contributed by atoms with Crippen LogP contribution in [0.25, 0.3) is 6.08 Å². The number of aromatic hydroxyl groups is 1. The van der Waals surface area contributed by atoms with Crippen LogP contribution in [-0.2, 0) is 9.47 Å². The Labute approximate surface area is 88.7 Å². The van der Waals surface area contributed by atoms with E-state index in [9.17, 15) is 5.11 Å². The molecule has 4 nitrogen and oxygen atoms in total. The van der Waals surface area contributed by atoms with Gasteiger partial charge < -0.3 is 19.3 Å². The van der Waals surface area contributed by atoms with Crippen LogP contribution >= 0.6 is 0 Å². The van der Waals surface area contributed by atoms with Crippen molar-refractivity contribution >= 4 is 6.08 Å². The molecule has 0 aliphatic rings. The van der Waals surface area contributed by atoms with E-state index in [0.717, 1.165) is 0 Å². The Bertz CT molecular complexity index is 331. The second kappa shape index (κ2) is 5.38. The maximum atomic E-state index is 9.52. The summed E-state index contributed by atoms with van der Waals surface area (Å²) in [7, 11) is 2.93. The van der Waals surface area contributed by atoms with Gasteiger partial charge in [0.1, 0.15) is 11.5 Å². The van der Waals surface area contributed by atoms with Gasteiger partial charge in [0.15, 0.2) is 0 Å². The second-order valence-corrected chi connectivity index (χ2v) is 2.80. The first-order chi connectivity index (χ1) is 7.21. The lowest BCUT2D eigenvalue weighted by molar-refractivity contribution is -0.219. The molecule has 82 valence electrons. The molecule has 4 heteroatoms. The molecule has 0 bridgehead atoms. The van der Waals surface area contributed by atoms with E-state index in [-0.39, 0.29) is 5.75 Å². The first-order valence-electron chi connectivity index (χ1n) is 4.39. The Kier molecular flexibility index (Phi) is 4.15. The zero-order chi connectivity index (χ0) is 11.3. The summed E-state index contributed by atoms with van der Waals surface area (Å²) in [5, 5.41) is 9.52. The summed E-state index contributed by atoms with van der Waals surface area (Å²) in [6, 6.07) is 4.86. The molecule has 0 unspecified atom stereocenters. The van der Waals surface area contributed by atoms with Crippen molar-refractivity contribution in [2.75, 3.05) is 14.2 Å². The fourth-order valence-electron chi connectivity index (χ4n) is 1.07. The molecule has 0 aromatic heterocycles. The van der Waals surface area contributed by atoms with Gasteiger partial charge in [0.25, 0.3) is 0 Å². The van der Waals surface area contributed by atoms with Crippen LogP contribution in [0.4, 0.5) is 0 Å². The predicted octanol–water partition coefficient (Wildman–Crippen LogP) is 1.99. The quantitative estimate of drug-likeness (QED) is 0.755. The summed E-state index contributed by atoms with van der Waals surface area (Å²) in [6.07, 6.45) is 1.56. The minimum Gasteiger partial charge on any atom is -0.507 e. The van der Waals surface area contributed by atoms with Gasteiger partial charge in [0, 0.05) is 25.8 Å². The van der Waals surface area contributed by atoms with E-state index in [0.29, 0.717) is 11.3 Å². The molecule has 0 heterocycles. The van der Waals surface area contributed by atoms with Crippen molar-refractivity contribution in [3.8, 4) is 11.5 Å². The van der Waals surface area contributed by atoms with Crippen molar-refractivity contribution in [1.82, 2.24) is 0 Å². The standard InChI is InChI=1S/C11H14O4/c1-4-8-5-6-9(7-10(8)12)15-11(13-2)14-3/h4-7,11-12H,1H2,2-3H3. The van der Waals surface area contributed by atoms with Gasteiger partial charge in [-0.3, -0.25) is 0 Å². The van der Waals surface area contributed by atoms with Crippen LogP contribution in [0.2, 0.25) is 0 Å². The number of rotatable bonds is 5. The summed E-state index contributed by atoms with van der Waals surface area (Å²) in [4.78, 5) is 0. The lowest BCUT2D eigenvalue weighted by Crippen LogP contribution is -2.20. The minimum absolute atomic E-state index is 0.105. The van der Waals surface area contributed by atoms with E-state index in [4.69, 9.17) is 14.2 Å². The van der Waals surface area contributed by atoms with Crippen LogP contribution < -0.4 is 4.74 Å². The fraction of sp³-hybridized carbons (Fsp3) is 0.273. The van der Waals surface area contributed by atoms with Crippen molar-refractivity contribution in [2.24, 2.45) is 0 Å². The van der Waals surface area contributed by atoms with Gasteiger partial charge in [-0.05, 0) is 12.1 Å². The summed E-state index contributed by atoms with van der Waals surface area (Å²) >= 11 is 0. The Hall–Kier alpha value is -1.52. The summed E-state index contributed by atoms with van der Waals surface area (Å²) in [6.45, 7) is 2.79. The monoisotopic (exact) mass is 210 g/mol. The van der Waals surface area contributed by atoms with E-state index in [1.807, 2.05) is 0 Å². The molecule has 0 fully saturated rings. The van der Waals surface area contributed by atoms with Crippen LogP contribution in [0.15, 0.2) is 24.8 Å². The molecule has 0 saturated carbocycles. The number of methoxy groups -OCH3 is 2. The van der Waals surface area contributed by atoms with Crippen molar-refractivity contribution < 1.29 is 19.3 Å². The molecular formula is C11H14O4. The molecule has 0 aliphatic carbocycles. The maximum absolute atomic E-state index is 9.52. The van der Waals surface area contributed by atoms with Gasteiger partial charge >= 0.3 is 6.48 Å². The molecule has 0 saturated heterocycles. The smallest absolute Gasteiger partial charge is 0.315 e. The molecule has 15 heavy (non-hydrogen) atoms. The summed E-state index contributed by atoms with van der Waals surface area (Å²) < 4.78 is 15.0. The van der Waals surface area contributed by atoms with Crippen molar-refractivity contribution in [3.05, 3.63) is 30.3 Å². The van der Waals surface area contributed by atoms with Gasteiger partial charge in [-0.2, -0.15) is 0 Å². The Balaban J connectivity index is 2.78. The molecule has 1 rings (SSSR count). The van der Waals surface area contributed by atoms with E-state index in [2.05, 4.69) is 6.58 Å². The average Bonchev–Trinajstić information content (AvgIpc) is 2.26. The Morgan fingerprint density at radius 1 is 1.33 bits per heavy atom. The number of phenolic OH excluding ortho intramolecular Hbond substituents is 1. The zero-order valence-corrected chi connectivity index (χ0v) is 8.77. The van der Waals surface area contributed by atoms with Crippen LogP contribution in [0.1, 0.15) is 5.56 Å². The van der Waals surface area contributed by atoms with Gasteiger partial charge in [-0.1, -0.05) is 12.7 Å².